The number of nitrogens with one attached hydrogen (secondary N) is 1. The number of esters is 1. The molecule has 30 heavy (non-hydrogen) atoms. The Labute approximate surface area is 176 Å². The van der Waals surface area contributed by atoms with E-state index in [-0.39, 0.29) is 29.2 Å². The summed E-state index contributed by atoms with van der Waals surface area (Å²) in [5, 5.41) is 14.2. The maximum Gasteiger partial charge on any atom is 0.341 e. The van der Waals surface area contributed by atoms with E-state index in [0.717, 1.165) is 16.5 Å². The van der Waals surface area contributed by atoms with E-state index in [4.69, 9.17) is 9.47 Å². The molecule has 0 aliphatic carbocycles. The van der Waals surface area contributed by atoms with E-state index in [2.05, 4.69) is 5.32 Å². The summed E-state index contributed by atoms with van der Waals surface area (Å²) in [6, 6.07) is 14.9. The van der Waals surface area contributed by atoms with E-state index in [1.807, 2.05) is 30.3 Å². The number of methoxy groups -OCH3 is 1. The second kappa shape index (κ2) is 9.19. The molecule has 2 aromatic carbocycles. The lowest BCUT2D eigenvalue weighted by Crippen LogP contribution is -2.14. The Morgan fingerprint density at radius 2 is 1.87 bits per heavy atom. The molecule has 1 aromatic heterocycles. The molecule has 0 atom stereocenters. The number of hydrogen-bond acceptors (Lipinski definition) is 7. The summed E-state index contributed by atoms with van der Waals surface area (Å²) in [5.74, 6) is -1.11. The molecule has 0 aliphatic heterocycles. The fourth-order valence-electron chi connectivity index (χ4n) is 2.74. The van der Waals surface area contributed by atoms with Gasteiger partial charge < -0.3 is 14.8 Å². The van der Waals surface area contributed by atoms with Gasteiger partial charge in [-0.3, -0.25) is 14.9 Å². The summed E-state index contributed by atoms with van der Waals surface area (Å²) in [4.78, 5) is 36.5. The number of anilines is 1. The van der Waals surface area contributed by atoms with Gasteiger partial charge in [-0.25, -0.2) is 4.79 Å². The molecule has 8 nitrogen and oxygen atoms in total. The molecule has 0 bridgehead atoms. The van der Waals surface area contributed by atoms with Crippen LogP contribution in [0.2, 0.25) is 0 Å². The van der Waals surface area contributed by atoms with Crippen LogP contribution in [-0.2, 0) is 4.74 Å². The summed E-state index contributed by atoms with van der Waals surface area (Å²) in [6.07, 6.45) is 0. The average Bonchev–Trinajstić information content (AvgIpc) is 3.17. The lowest BCUT2D eigenvalue weighted by molar-refractivity contribution is -0.385. The van der Waals surface area contributed by atoms with Gasteiger partial charge in [0.25, 0.3) is 5.91 Å². The first-order chi connectivity index (χ1) is 14.4. The second-order valence-corrected chi connectivity index (χ2v) is 7.09. The maximum atomic E-state index is 12.7. The van der Waals surface area contributed by atoms with E-state index in [1.54, 1.807) is 13.0 Å². The minimum absolute atomic E-state index is 0.0475. The van der Waals surface area contributed by atoms with Crippen LogP contribution < -0.4 is 10.1 Å². The molecular weight excluding hydrogens is 408 g/mol. The molecule has 0 aliphatic rings. The Hall–Kier alpha value is -3.72. The van der Waals surface area contributed by atoms with Gasteiger partial charge in [-0.05, 0) is 30.7 Å². The number of nitro benzene ring substituents is 1. The highest BCUT2D eigenvalue weighted by molar-refractivity contribution is 7.20. The Bertz CT molecular complexity index is 1090. The zero-order chi connectivity index (χ0) is 21.7. The number of rotatable bonds is 7. The van der Waals surface area contributed by atoms with Crippen molar-refractivity contribution in [2.24, 2.45) is 0 Å². The predicted molar refractivity (Wildman–Crippen MR) is 113 cm³/mol. The predicted octanol–water partition coefficient (Wildman–Crippen LogP) is 4.76. The van der Waals surface area contributed by atoms with Crippen LogP contribution in [0.4, 0.5) is 10.7 Å². The summed E-state index contributed by atoms with van der Waals surface area (Å²) < 4.78 is 10.1. The smallest absolute Gasteiger partial charge is 0.341 e. The van der Waals surface area contributed by atoms with Crippen LogP contribution in [0.5, 0.6) is 5.75 Å². The SMILES string of the molecule is CCOC(=O)c1cc(-c2ccccc2)sc1NC(=O)c1ccc(OC)c([N+](=O)[O-])c1. The molecule has 0 spiro atoms. The van der Waals surface area contributed by atoms with Gasteiger partial charge in [0, 0.05) is 16.5 Å². The largest absolute Gasteiger partial charge is 0.490 e. The monoisotopic (exact) mass is 426 g/mol. The van der Waals surface area contributed by atoms with Gasteiger partial charge in [0.1, 0.15) is 5.00 Å². The fraction of sp³-hybridized carbons (Fsp3) is 0.143. The third-order valence-electron chi connectivity index (χ3n) is 4.15. The van der Waals surface area contributed by atoms with Crippen molar-refractivity contribution in [1.29, 1.82) is 0 Å². The van der Waals surface area contributed by atoms with Gasteiger partial charge in [0.15, 0.2) is 5.75 Å². The molecule has 1 heterocycles. The number of thiophene rings is 1. The molecule has 9 heteroatoms. The van der Waals surface area contributed by atoms with E-state index in [1.165, 1.54) is 30.6 Å². The van der Waals surface area contributed by atoms with Crippen LogP contribution in [0.15, 0.2) is 54.6 Å². The Morgan fingerprint density at radius 3 is 2.50 bits per heavy atom. The summed E-state index contributed by atoms with van der Waals surface area (Å²) in [6.45, 7) is 1.88. The van der Waals surface area contributed by atoms with Gasteiger partial charge in [0.2, 0.25) is 0 Å². The number of ether oxygens (including phenoxy) is 2. The van der Waals surface area contributed by atoms with Crippen molar-refractivity contribution < 1.29 is 24.0 Å². The standard InChI is InChI=1S/C21H18N2O6S/c1-3-29-21(25)15-12-18(13-7-5-4-6-8-13)30-20(15)22-19(24)14-9-10-17(28-2)16(11-14)23(26)27/h4-12H,3H2,1-2H3,(H,22,24). The topological polar surface area (TPSA) is 108 Å². The Morgan fingerprint density at radius 1 is 1.13 bits per heavy atom. The summed E-state index contributed by atoms with van der Waals surface area (Å²) in [7, 11) is 1.31. The van der Waals surface area contributed by atoms with Crippen molar-refractivity contribution in [3.63, 3.8) is 0 Å². The van der Waals surface area contributed by atoms with Gasteiger partial charge in [-0.2, -0.15) is 0 Å². The van der Waals surface area contributed by atoms with Crippen molar-refractivity contribution in [3.8, 4) is 16.2 Å². The molecule has 3 rings (SSSR count). The second-order valence-electron chi connectivity index (χ2n) is 6.04. The molecule has 1 amide bonds. The van der Waals surface area contributed by atoms with Gasteiger partial charge in [-0.15, -0.1) is 11.3 Å². The molecule has 3 aromatic rings. The lowest BCUT2D eigenvalue weighted by Gasteiger charge is -2.07. The number of amides is 1. The molecular formula is C21H18N2O6S. The molecule has 0 fully saturated rings. The first kappa shape index (κ1) is 21.0. The van der Waals surface area contributed by atoms with Gasteiger partial charge in [-0.1, -0.05) is 30.3 Å². The highest BCUT2D eigenvalue weighted by atomic mass is 32.1. The van der Waals surface area contributed by atoms with Crippen LogP contribution >= 0.6 is 11.3 Å². The van der Waals surface area contributed by atoms with Crippen LogP contribution in [-0.4, -0.2) is 30.5 Å². The van der Waals surface area contributed by atoms with Crippen LogP contribution in [0.1, 0.15) is 27.6 Å². The number of nitro groups is 1. The lowest BCUT2D eigenvalue weighted by atomic mass is 10.1. The van der Waals surface area contributed by atoms with Crippen LogP contribution in [0.3, 0.4) is 0 Å². The van der Waals surface area contributed by atoms with E-state index in [0.29, 0.717) is 5.00 Å². The Balaban J connectivity index is 1.96. The molecule has 0 saturated carbocycles. The van der Waals surface area contributed by atoms with Gasteiger partial charge in [0.05, 0.1) is 24.2 Å². The number of carbonyl (C=O) groups is 2. The highest BCUT2D eigenvalue weighted by Gasteiger charge is 2.22. The molecule has 0 saturated heterocycles. The quantitative estimate of drug-likeness (QED) is 0.331. The zero-order valence-corrected chi connectivity index (χ0v) is 17.0. The third kappa shape index (κ3) is 4.47. The normalized spacial score (nSPS) is 10.3. The minimum atomic E-state index is -0.627. The van der Waals surface area contributed by atoms with Crippen LogP contribution in [0.25, 0.3) is 10.4 Å². The van der Waals surface area contributed by atoms with Crippen molar-refractivity contribution in [2.75, 3.05) is 19.0 Å². The molecule has 1 N–H and O–H groups in total. The van der Waals surface area contributed by atoms with Crippen molar-refractivity contribution in [1.82, 2.24) is 0 Å². The Kier molecular flexibility index (Phi) is 6.43. The van der Waals surface area contributed by atoms with Crippen molar-refractivity contribution >= 4 is 33.9 Å². The maximum absolute atomic E-state index is 12.7. The van der Waals surface area contributed by atoms with Gasteiger partial charge >= 0.3 is 11.7 Å². The number of benzene rings is 2. The van der Waals surface area contributed by atoms with Crippen molar-refractivity contribution in [2.45, 2.75) is 6.92 Å². The first-order valence-corrected chi connectivity index (χ1v) is 9.76. The molecule has 154 valence electrons. The molecule has 0 unspecified atom stereocenters. The van der Waals surface area contributed by atoms with E-state index >= 15 is 0 Å². The third-order valence-corrected chi connectivity index (χ3v) is 5.25. The zero-order valence-electron chi connectivity index (χ0n) is 16.2. The average molecular weight is 426 g/mol. The van der Waals surface area contributed by atoms with E-state index in [9.17, 15) is 19.7 Å². The number of carbonyl (C=O) groups excluding carboxylic acids is 2. The fourth-order valence-corrected chi connectivity index (χ4v) is 3.78. The van der Waals surface area contributed by atoms with Crippen LogP contribution in [0, 0.1) is 10.1 Å². The van der Waals surface area contributed by atoms with E-state index < -0.39 is 16.8 Å². The summed E-state index contributed by atoms with van der Waals surface area (Å²) in [5.41, 5.74) is 0.838. The van der Waals surface area contributed by atoms with Crippen molar-refractivity contribution in [3.05, 3.63) is 75.8 Å². The number of nitrogens with zero attached hydrogens (tertiary/aromatic N) is 1. The number of hydrogen-bond donors (Lipinski definition) is 1. The first-order valence-electron chi connectivity index (χ1n) is 8.94. The molecule has 0 radical (unpaired) electrons. The summed E-state index contributed by atoms with van der Waals surface area (Å²) >= 11 is 1.22. The highest BCUT2D eigenvalue weighted by Crippen LogP contribution is 2.36. The minimum Gasteiger partial charge on any atom is -0.490 e.